The number of ether oxygens (including phenoxy) is 1. The topological polar surface area (TPSA) is 55.6 Å². The highest BCUT2D eigenvalue weighted by Crippen LogP contribution is 2.41. The lowest BCUT2D eigenvalue weighted by Crippen LogP contribution is -2.32. The summed E-state index contributed by atoms with van der Waals surface area (Å²) in [7, 11) is 0. The van der Waals surface area contributed by atoms with Gasteiger partial charge < -0.3 is 15.4 Å². The van der Waals surface area contributed by atoms with E-state index in [1.54, 1.807) is 0 Å². The molecule has 0 aromatic heterocycles. The molecule has 1 aliphatic heterocycles. The lowest BCUT2D eigenvalue weighted by Gasteiger charge is -2.18. The van der Waals surface area contributed by atoms with Gasteiger partial charge in [0.25, 0.3) is 5.91 Å². The Bertz CT molecular complexity index is 743. The van der Waals surface area contributed by atoms with Crippen molar-refractivity contribution < 1.29 is 9.53 Å². The van der Waals surface area contributed by atoms with Crippen molar-refractivity contribution in [2.45, 2.75) is 25.5 Å². The van der Waals surface area contributed by atoms with Gasteiger partial charge in [-0.2, -0.15) is 0 Å². The Balaban J connectivity index is 1.47. The summed E-state index contributed by atoms with van der Waals surface area (Å²) in [5.74, 6) is 1.85. The summed E-state index contributed by atoms with van der Waals surface area (Å²) in [6, 6.07) is 17.6. The maximum absolute atomic E-state index is 13.0. The quantitative estimate of drug-likeness (QED) is 0.913. The summed E-state index contributed by atoms with van der Waals surface area (Å²) in [6.07, 6.45) is 2.52. The van der Waals surface area contributed by atoms with E-state index in [9.17, 15) is 4.79 Å². The van der Waals surface area contributed by atoms with Gasteiger partial charge in [-0.3, -0.25) is 4.79 Å². The molecule has 2 fully saturated rings. The number of hydrogen-bond acceptors (Lipinski definition) is 3. The van der Waals surface area contributed by atoms with Crippen molar-refractivity contribution in [3.8, 4) is 5.75 Å². The molecule has 0 unspecified atom stereocenters. The van der Waals surface area contributed by atoms with Gasteiger partial charge in [0, 0.05) is 19.1 Å². The van der Waals surface area contributed by atoms with Gasteiger partial charge >= 0.3 is 0 Å². The summed E-state index contributed by atoms with van der Waals surface area (Å²) in [4.78, 5) is 14.9. The average molecular weight is 336 g/mol. The predicted octanol–water partition coefficient (Wildman–Crippen LogP) is 3.07. The van der Waals surface area contributed by atoms with Crippen LogP contribution in [0.25, 0.3) is 0 Å². The molecule has 2 N–H and O–H groups in total. The first-order chi connectivity index (χ1) is 12.2. The lowest BCUT2D eigenvalue weighted by molar-refractivity contribution is 0.0780. The Morgan fingerprint density at radius 3 is 2.52 bits per heavy atom. The minimum atomic E-state index is 0.0299. The molecule has 130 valence electrons. The standard InChI is InChI=1S/C21H24N2O2/c22-19-13-23(12-18(19)16-10-11-16)21(24)17-8-4-5-9-20(17)25-14-15-6-2-1-3-7-15/h1-9,16,18-19H,10-14,22H2/t18-,19+/m1/s1. The van der Waals surface area contributed by atoms with Crippen LogP contribution in [0.15, 0.2) is 54.6 Å². The average Bonchev–Trinajstić information content (AvgIpc) is 3.42. The molecule has 2 atom stereocenters. The molecule has 2 aromatic carbocycles. The molecule has 1 saturated heterocycles. The third kappa shape index (κ3) is 3.54. The van der Waals surface area contributed by atoms with Gasteiger partial charge in [0.15, 0.2) is 0 Å². The zero-order valence-corrected chi connectivity index (χ0v) is 14.3. The summed E-state index contributed by atoms with van der Waals surface area (Å²) in [5, 5.41) is 0. The zero-order chi connectivity index (χ0) is 17.2. The monoisotopic (exact) mass is 336 g/mol. The molecule has 2 aliphatic rings. The number of benzene rings is 2. The second-order valence-corrected chi connectivity index (χ2v) is 7.15. The van der Waals surface area contributed by atoms with Gasteiger partial charge in [0.1, 0.15) is 12.4 Å². The Morgan fingerprint density at radius 2 is 1.76 bits per heavy atom. The van der Waals surface area contributed by atoms with E-state index < -0.39 is 0 Å². The third-order valence-electron chi connectivity index (χ3n) is 5.28. The van der Waals surface area contributed by atoms with Gasteiger partial charge in [0.05, 0.1) is 5.56 Å². The number of nitrogens with zero attached hydrogens (tertiary/aromatic N) is 1. The van der Waals surface area contributed by atoms with Crippen LogP contribution in [0.5, 0.6) is 5.75 Å². The lowest BCUT2D eigenvalue weighted by atomic mass is 9.99. The summed E-state index contributed by atoms with van der Waals surface area (Å²) >= 11 is 0. The Morgan fingerprint density at radius 1 is 1.04 bits per heavy atom. The molecule has 0 radical (unpaired) electrons. The fraction of sp³-hybridized carbons (Fsp3) is 0.381. The van der Waals surface area contributed by atoms with Crippen molar-refractivity contribution in [1.82, 2.24) is 4.90 Å². The summed E-state index contributed by atoms with van der Waals surface area (Å²) in [6.45, 7) is 1.88. The van der Waals surface area contributed by atoms with Crippen LogP contribution in [0.3, 0.4) is 0 Å². The van der Waals surface area contributed by atoms with E-state index in [1.165, 1.54) is 12.8 Å². The normalized spacial score (nSPS) is 22.8. The van der Waals surface area contributed by atoms with Crippen LogP contribution in [-0.2, 0) is 6.61 Å². The molecule has 1 saturated carbocycles. The van der Waals surface area contributed by atoms with E-state index >= 15 is 0 Å². The highest BCUT2D eigenvalue weighted by molar-refractivity contribution is 5.97. The second-order valence-electron chi connectivity index (χ2n) is 7.15. The van der Waals surface area contributed by atoms with Crippen molar-refractivity contribution in [2.24, 2.45) is 17.6 Å². The third-order valence-corrected chi connectivity index (χ3v) is 5.28. The zero-order valence-electron chi connectivity index (χ0n) is 14.3. The van der Waals surface area contributed by atoms with E-state index in [-0.39, 0.29) is 11.9 Å². The van der Waals surface area contributed by atoms with E-state index in [2.05, 4.69) is 0 Å². The SMILES string of the molecule is N[C@H]1CN(C(=O)c2ccccc2OCc2ccccc2)C[C@@H]1C1CC1. The highest BCUT2D eigenvalue weighted by atomic mass is 16.5. The predicted molar refractivity (Wildman–Crippen MR) is 97.3 cm³/mol. The summed E-state index contributed by atoms with van der Waals surface area (Å²) < 4.78 is 5.94. The number of amides is 1. The molecule has 25 heavy (non-hydrogen) atoms. The fourth-order valence-electron chi connectivity index (χ4n) is 3.72. The minimum Gasteiger partial charge on any atom is -0.488 e. The van der Waals surface area contributed by atoms with Crippen molar-refractivity contribution in [3.05, 3.63) is 65.7 Å². The number of likely N-dealkylation sites (tertiary alicyclic amines) is 1. The number of carbonyl (C=O) groups is 1. The van der Waals surface area contributed by atoms with Crippen LogP contribution in [0.4, 0.5) is 0 Å². The molecular weight excluding hydrogens is 312 g/mol. The van der Waals surface area contributed by atoms with Crippen LogP contribution >= 0.6 is 0 Å². The first-order valence-corrected chi connectivity index (χ1v) is 9.03. The second kappa shape index (κ2) is 6.89. The van der Waals surface area contributed by atoms with Crippen molar-refractivity contribution >= 4 is 5.91 Å². The number of carbonyl (C=O) groups excluding carboxylic acids is 1. The van der Waals surface area contributed by atoms with E-state index in [0.717, 1.165) is 18.0 Å². The van der Waals surface area contributed by atoms with Gasteiger partial charge in [-0.05, 0) is 42.4 Å². The van der Waals surface area contributed by atoms with Crippen LogP contribution in [0.1, 0.15) is 28.8 Å². The van der Waals surface area contributed by atoms with Crippen molar-refractivity contribution in [2.75, 3.05) is 13.1 Å². The van der Waals surface area contributed by atoms with Gasteiger partial charge in [0.2, 0.25) is 0 Å². The van der Waals surface area contributed by atoms with Crippen LogP contribution in [0.2, 0.25) is 0 Å². The number of para-hydroxylation sites is 1. The first-order valence-electron chi connectivity index (χ1n) is 9.03. The van der Waals surface area contributed by atoms with Gasteiger partial charge in [-0.25, -0.2) is 0 Å². The van der Waals surface area contributed by atoms with E-state index in [4.69, 9.17) is 10.5 Å². The Hall–Kier alpha value is -2.33. The largest absolute Gasteiger partial charge is 0.488 e. The number of hydrogen-bond donors (Lipinski definition) is 1. The molecule has 0 bridgehead atoms. The van der Waals surface area contributed by atoms with Gasteiger partial charge in [-0.15, -0.1) is 0 Å². The molecule has 4 rings (SSSR count). The molecule has 0 spiro atoms. The fourth-order valence-corrected chi connectivity index (χ4v) is 3.72. The first kappa shape index (κ1) is 16.2. The molecular formula is C21H24N2O2. The van der Waals surface area contributed by atoms with E-state index in [0.29, 0.717) is 30.4 Å². The summed E-state index contributed by atoms with van der Waals surface area (Å²) in [5.41, 5.74) is 7.99. The smallest absolute Gasteiger partial charge is 0.257 e. The highest BCUT2D eigenvalue weighted by Gasteiger charge is 2.42. The number of rotatable bonds is 5. The molecule has 1 aliphatic carbocycles. The van der Waals surface area contributed by atoms with Crippen LogP contribution in [0, 0.1) is 11.8 Å². The molecule has 4 nitrogen and oxygen atoms in total. The number of nitrogens with two attached hydrogens (primary N) is 1. The molecule has 2 aromatic rings. The Labute approximate surface area is 148 Å². The van der Waals surface area contributed by atoms with Crippen molar-refractivity contribution in [3.63, 3.8) is 0 Å². The molecule has 4 heteroatoms. The minimum absolute atomic E-state index is 0.0299. The van der Waals surface area contributed by atoms with Crippen LogP contribution < -0.4 is 10.5 Å². The molecule has 1 amide bonds. The molecule has 1 heterocycles. The van der Waals surface area contributed by atoms with Crippen LogP contribution in [-0.4, -0.2) is 29.9 Å². The maximum Gasteiger partial charge on any atom is 0.257 e. The van der Waals surface area contributed by atoms with Crippen molar-refractivity contribution in [1.29, 1.82) is 0 Å². The Kier molecular flexibility index (Phi) is 4.45. The maximum atomic E-state index is 13.0. The van der Waals surface area contributed by atoms with Gasteiger partial charge in [-0.1, -0.05) is 42.5 Å². The van der Waals surface area contributed by atoms with E-state index in [1.807, 2.05) is 59.5 Å².